The minimum Gasteiger partial charge on any atom is -0.479 e. The minimum atomic E-state index is -1.06. The van der Waals surface area contributed by atoms with Gasteiger partial charge in [0.1, 0.15) is 6.67 Å². The van der Waals surface area contributed by atoms with E-state index in [0.717, 1.165) is 10.6 Å². The van der Waals surface area contributed by atoms with Crippen LogP contribution in [0.3, 0.4) is 0 Å². The zero-order valence-corrected chi connectivity index (χ0v) is 8.12. The van der Waals surface area contributed by atoms with Crippen LogP contribution < -0.4 is 9.80 Å². The van der Waals surface area contributed by atoms with Crippen LogP contribution in [0, 0.1) is 0 Å². The van der Waals surface area contributed by atoms with Crippen molar-refractivity contribution >= 4 is 23.4 Å². The van der Waals surface area contributed by atoms with Gasteiger partial charge in [0.2, 0.25) is 0 Å². The fraction of sp³-hybridized carbons (Fsp3) is 0.200. The van der Waals surface area contributed by atoms with Gasteiger partial charge in [0.25, 0.3) is 0 Å². The molecule has 16 heavy (non-hydrogen) atoms. The van der Waals surface area contributed by atoms with Crippen LogP contribution >= 0.6 is 0 Å². The first-order chi connectivity index (χ1) is 7.61. The van der Waals surface area contributed by atoms with Gasteiger partial charge in [0.05, 0.1) is 11.4 Å². The van der Waals surface area contributed by atoms with Crippen molar-refractivity contribution in [3.63, 3.8) is 0 Å². The second-order valence-electron chi connectivity index (χ2n) is 3.78. The number of nitrogens with zero attached hydrogens (tertiary/aromatic N) is 2. The van der Waals surface area contributed by atoms with Crippen molar-refractivity contribution in [1.82, 2.24) is 0 Å². The summed E-state index contributed by atoms with van der Waals surface area (Å²) in [6, 6.07) is 4.38. The SMILES string of the molecule is O=C(O)C1c2cccc3c2N1CN3C(=O)O. The molecule has 3 rings (SSSR count). The third-order valence-corrected chi connectivity index (χ3v) is 2.99. The van der Waals surface area contributed by atoms with Crippen molar-refractivity contribution in [1.29, 1.82) is 0 Å². The van der Waals surface area contributed by atoms with E-state index in [1.54, 1.807) is 23.1 Å². The molecule has 0 bridgehead atoms. The number of benzene rings is 1. The van der Waals surface area contributed by atoms with Gasteiger partial charge in [-0.1, -0.05) is 12.1 Å². The van der Waals surface area contributed by atoms with Gasteiger partial charge in [-0.2, -0.15) is 0 Å². The van der Waals surface area contributed by atoms with Crippen LogP contribution in [0.4, 0.5) is 16.2 Å². The van der Waals surface area contributed by atoms with Crippen LogP contribution in [0.15, 0.2) is 18.2 Å². The molecule has 1 aromatic rings. The lowest BCUT2D eigenvalue weighted by Crippen LogP contribution is -2.44. The quantitative estimate of drug-likeness (QED) is 0.740. The number of aliphatic carboxylic acids is 1. The van der Waals surface area contributed by atoms with E-state index in [1.807, 2.05) is 0 Å². The maximum Gasteiger partial charge on any atom is 0.413 e. The number of hydrogen-bond acceptors (Lipinski definition) is 3. The second-order valence-corrected chi connectivity index (χ2v) is 3.78. The Labute approximate surface area is 90.3 Å². The number of hydrogen-bond donors (Lipinski definition) is 2. The number of carboxylic acid groups (broad SMARTS) is 2. The molecule has 2 aliphatic heterocycles. The Morgan fingerprint density at radius 3 is 2.69 bits per heavy atom. The lowest BCUT2D eigenvalue weighted by Gasteiger charge is -2.37. The Morgan fingerprint density at radius 1 is 1.31 bits per heavy atom. The van der Waals surface area contributed by atoms with Crippen molar-refractivity contribution in [3.05, 3.63) is 23.8 Å². The van der Waals surface area contributed by atoms with E-state index in [1.165, 1.54) is 0 Å². The fourth-order valence-corrected chi connectivity index (χ4v) is 2.34. The van der Waals surface area contributed by atoms with Crippen molar-refractivity contribution in [3.8, 4) is 0 Å². The number of amides is 1. The molecule has 2 heterocycles. The molecule has 0 radical (unpaired) electrons. The molecule has 1 amide bonds. The summed E-state index contributed by atoms with van der Waals surface area (Å²) in [4.78, 5) is 24.7. The van der Waals surface area contributed by atoms with Crippen LogP contribution in [-0.4, -0.2) is 28.9 Å². The molecule has 0 fully saturated rings. The first-order valence-corrected chi connectivity index (χ1v) is 4.74. The van der Waals surface area contributed by atoms with Crippen molar-refractivity contribution in [2.75, 3.05) is 16.5 Å². The van der Waals surface area contributed by atoms with Crippen LogP contribution in [0.2, 0.25) is 0 Å². The lowest BCUT2D eigenvalue weighted by atomic mass is 9.94. The van der Waals surface area contributed by atoms with E-state index in [9.17, 15) is 9.59 Å². The number of carboxylic acids is 1. The zero-order chi connectivity index (χ0) is 11.4. The summed E-state index contributed by atoms with van der Waals surface area (Å²) < 4.78 is 0. The molecule has 0 spiro atoms. The zero-order valence-electron chi connectivity index (χ0n) is 8.12. The molecule has 1 atom stereocenters. The molecule has 0 aromatic heterocycles. The van der Waals surface area contributed by atoms with Gasteiger partial charge in [-0.3, -0.25) is 4.90 Å². The number of anilines is 2. The minimum absolute atomic E-state index is 0.0959. The molecule has 2 N–H and O–H groups in total. The van der Waals surface area contributed by atoms with E-state index >= 15 is 0 Å². The van der Waals surface area contributed by atoms with Gasteiger partial charge in [0, 0.05) is 5.56 Å². The van der Waals surface area contributed by atoms with Crippen LogP contribution in [0.25, 0.3) is 0 Å². The summed E-state index contributed by atoms with van der Waals surface area (Å²) in [7, 11) is 0. The van der Waals surface area contributed by atoms with Gasteiger partial charge in [-0.05, 0) is 6.07 Å². The van der Waals surface area contributed by atoms with E-state index < -0.39 is 18.1 Å². The highest BCUT2D eigenvalue weighted by atomic mass is 16.4. The van der Waals surface area contributed by atoms with E-state index in [0.29, 0.717) is 11.3 Å². The summed E-state index contributed by atoms with van der Waals surface area (Å²) in [5, 5.41) is 18.0. The molecule has 0 aliphatic carbocycles. The van der Waals surface area contributed by atoms with Gasteiger partial charge < -0.3 is 15.1 Å². The summed E-state index contributed by atoms with van der Waals surface area (Å²) in [5.74, 6) is -0.947. The normalized spacial score (nSPS) is 20.4. The summed E-state index contributed by atoms with van der Waals surface area (Å²) in [6.45, 7) is 0.0959. The molecular formula is C10H8N2O4. The smallest absolute Gasteiger partial charge is 0.413 e. The van der Waals surface area contributed by atoms with Gasteiger partial charge in [-0.25, -0.2) is 9.59 Å². The monoisotopic (exact) mass is 220 g/mol. The topological polar surface area (TPSA) is 81.1 Å². The Morgan fingerprint density at radius 2 is 2.06 bits per heavy atom. The molecule has 82 valence electrons. The van der Waals surface area contributed by atoms with Crippen molar-refractivity contribution in [2.45, 2.75) is 6.04 Å². The van der Waals surface area contributed by atoms with Crippen LogP contribution in [0.5, 0.6) is 0 Å². The summed E-state index contributed by atoms with van der Waals surface area (Å²) in [5.41, 5.74) is 1.99. The number of para-hydroxylation sites is 1. The molecular weight excluding hydrogens is 212 g/mol. The molecule has 6 nitrogen and oxygen atoms in total. The standard InChI is InChI=1S/C10H8N2O4/c13-9(14)8-5-2-1-3-6-7(5)12(8)4-11(6)10(15)16/h1-3,8H,4H2,(H,13,14)(H,15,16). The predicted molar refractivity (Wildman–Crippen MR) is 54.7 cm³/mol. The Bertz CT molecular complexity index is 502. The summed E-state index contributed by atoms with van der Waals surface area (Å²) in [6.07, 6.45) is -1.06. The average Bonchev–Trinajstić information content (AvgIpc) is 2.53. The molecule has 1 unspecified atom stereocenters. The Hall–Kier alpha value is -2.24. The van der Waals surface area contributed by atoms with Crippen LogP contribution in [0.1, 0.15) is 11.6 Å². The predicted octanol–water partition coefficient (Wildman–Crippen LogP) is 1.09. The average molecular weight is 220 g/mol. The van der Waals surface area contributed by atoms with E-state index in [2.05, 4.69) is 0 Å². The Kier molecular flexibility index (Phi) is 1.50. The van der Waals surface area contributed by atoms with Gasteiger partial charge >= 0.3 is 12.1 Å². The first kappa shape index (κ1) is 9.02. The number of rotatable bonds is 1. The maximum absolute atomic E-state index is 11.0. The highest BCUT2D eigenvalue weighted by molar-refractivity contribution is 6.03. The highest BCUT2D eigenvalue weighted by Gasteiger charge is 2.48. The molecule has 0 saturated carbocycles. The van der Waals surface area contributed by atoms with Crippen molar-refractivity contribution in [2.24, 2.45) is 0 Å². The summed E-state index contributed by atoms with van der Waals surface area (Å²) >= 11 is 0. The second kappa shape index (κ2) is 2.66. The molecule has 2 aliphatic rings. The molecule has 6 heteroatoms. The van der Waals surface area contributed by atoms with Crippen molar-refractivity contribution < 1.29 is 19.8 Å². The molecule has 0 saturated heterocycles. The molecule has 1 aromatic carbocycles. The first-order valence-electron chi connectivity index (χ1n) is 4.74. The van der Waals surface area contributed by atoms with E-state index in [4.69, 9.17) is 10.2 Å². The van der Waals surface area contributed by atoms with Crippen LogP contribution in [-0.2, 0) is 4.79 Å². The maximum atomic E-state index is 11.0. The number of carbonyl (C=O) groups is 2. The third kappa shape index (κ3) is 0.861. The van der Waals surface area contributed by atoms with Gasteiger partial charge in [0.15, 0.2) is 6.04 Å². The highest BCUT2D eigenvalue weighted by Crippen LogP contribution is 2.53. The largest absolute Gasteiger partial charge is 0.479 e. The third-order valence-electron chi connectivity index (χ3n) is 2.99. The fourth-order valence-electron chi connectivity index (χ4n) is 2.34. The van der Waals surface area contributed by atoms with E-state index in [-0.39, 0.29) is 6.67 Å². The lowest BCUT2D eigenvalue weighted by molar-refractivity contribution is -0.139. The Balaban J connectivity index is 2.12. The van der Waals surface area contributed by atoms with Gasteiger partial charge in [-0.15, -0.1) is 0 Å².